The molecule has 1 aliphatic heterocycles. The molecule has 1 saturated heterocycles. The molecule has 0 radical (unpaired) electrons. The highest BCUT2D eigenvalue weighted by Gasteiger charge is 2.22. The zero-order chi connectivity index (χ0) is 15.4. The number of carbonyl (C=O) groups excluding carboxylic acids is 1. The monoisotopic (exact) mass is 309 g/mol. The second-order valence-electron chi connectivity index (χ2n) is 5.95. The van der Waals surface area contributed by atoms with Gasteiger partial charge in [-0.15, -0.1) is 0 Å². The Morgan fingerprint density at radius 1 is 1.38 bits per heavy atom. The minimum Gasteiger partial charge on any atom is -0.381 e. The van der Waals surface area contributed by atoms with Gasteiger partial charge in [-0.2, -0.15) is 0 Å². The van der Waals surface area contributed by atoms with Gasteiger partial charge in [0.1, 0.15) is 0 Å². The van der Waals surface area contributed by atoms with E-state index in [-0.39, 0.29) is 5.91 Å². The number of anilines is 2. The first-order chi connectivity index (χ1) is 9.95. The fraction of sp³-hybridized carbons (Fsp3) is 0.562. The van der Waals surface area contributed by atoms with Crippen LogP contribution < -0.4 is 10.6 Å². The van der Waals surface area contributed by atoms with E-state index in [4.69, 9.17) is 11.6 Å². The summed E-state index contributed by atoms with van der Waals surface area (Å²) < 4.78 is 0. The van der Waals surface area contributed by atoms with E-state index in [1.54, 1.807) is 6.07 Å². The lowest BCUT2D eigenvalue weighted by atomic mass is 9.90. The highest BCUT2D eigenvalue weighted by atomic mass is 35.5. The highest BCUT2D eigenvalue weighted by Crippen LogP contribution is 2.29. The molecule has 4 nitrogen and oxygen atoms in total. The number of benzene rings is 1. The van der Waals surface area contributed by atoms with Crippen molar-refractivity contribution in [1.29, 1.82) is 0 Å². The van der Waals surface area contributed by atoms with Crippen LogP contribution in [0.1, 0.15) is 26.7 Å². The number of nitrogens with one attached hydrogen (secondary N) is 2. The Balaban J connectivity index is 1.97. The predicted molar refractivity (Wildman–Crippen MR) is 89.1 cm³/mol. The van der Waals surface area contributed by atoms with Crippen LogP contribution in [0.4, 0.5) is 11.4 Å². The summed E-state index contributed by atoms with van der Waals surface area (Å²) >= 11 is 6.30. The molecule has 1 atom stereocenters. The summed E-state index contributed by atoms with van der Waals surface area (Å²) in [6, 6.07) is 5.98. The molecular formula is C16H24ClN3O. The summed E-state index contributed by atoms with van der Waals surface area (Å²) in [4.78, 5) is 13.4. The Hall–Kier alpha value is -1.26. The third kappa shape index (κ3) is 4.61. The number of rotatable bonds is 4. The standard InChI is InChI=1S/C16H24ClN3O/c1-11(13-6-8-20(3)9-7-13)18-16-5-4-14(10-15(16)17)19-12(2)21/h4-5,10-11,13,18H,6-9H2,1-3H3,(H,19,21)/t11-/m1/s1. The van der Waals surface area contributed by atoms with Crippen LogP contribution >= 0.6 is 11.6 Å². The molecular weight excluding hydrogens is 286 g/mol. The lowest BCUT2D eigenvalue weighted by Crippen LogP contribution is -2.37. The van der Waals surface area contributed by atoms with E-state index in [0.717, 1.165) is 24.5 Å². The van der Waals surface area contributed by atoms with Crippen LogP contribution in [0.5, 0.6) is 0 Å². The Kier molecular flexibility index (Phi) is 5.48. The first-order valence-electron chi connectivity index (χ1n) is 7.48. The SMILES string of the molecule is CC(=O)Nc1ccc(N[C@H](C)C2CCN(C)CC2)c(Cl)c1. The van der Waals surface area contributed by atoms with Gasteiger partial charge in [0, 0.05) is 18.7 Å². The van der Waals surface area contributed by atoms with Gasteiger partial charge in [-0.25, -0.2) is 0 Å². The van der Waals surface area contributed by atoms with Crippen LogP contribution in [0.15, 0.2) is 18.2 Å². The van der Waals surface area contributed by atoms with Gasteiger partial charge in [0.15, 0.2) is 0 Å². The Bertz CT molecular complexity index is 498. The molecule has 0 bridgehead atoms. The normalized spacial score (nSPS) is 18.3. The van der Waals surface area contributed by atoms with Crippen molar-refractivity contribution in [3.8, 4) is 0 Å². The van der Waals surface area contributed by atoms with Gasteiger partial charge in [0.2, 0.25) is 5.91 Å². The van der Waals surface area contributed by atoms with E-state index in [0.29, 0.717) is 17.0 Å². The molecule has 0 unspecified atom stereocenters. The van der Waals surface area contributed by atoms with Crippen LogP contribution in [-0.2, 0) is 4.79 Å². The number of piperidine rings is 1. The maximum Gasteiger partial charge on any atom is 0.221 e. The van der Waals surface area contributed by atoms with Gasteiger partial charge >= 0.3 is 0 Å². The van der Waals surface area contributed by atoms with Gasteiger partial charge in [-0.3, -0.25) is 4.79 Å². The van der Waals surface area contributed by atoms with Crippen molar-refractivity contribution in [2.45, 2.75) is 32.7 Å². The number of halogens is 1. The minimum atomic E-state index is -0.0912. The molecule has 2 rings (SSSR count). The van der Waals surface area contributed by atoms with Gasteiger partial charge in [0.25, 0.3) is 0 Å². The quantitative estimate of drug-likeness (QED) is 0.895. The van der Waals surface area contributed by atoms with Crippen molar-refractivity contribution < 1.29 is 4.79 Å². The van der Waals surface area contributed by atoms with Crippen LogP contribution in [0.25, 0.3) is 0 Å². The third-order valence-corrected chi connectivity index (χ3v) is 4.46. The molecule has 0 spiro atoms. The minimum absolute atomic E-state index is 0.0912. The van der Waals surface area contributed by atoms with E-state index < -0.39 is 0 Å². The smallest absolute Gasteiger partial charge is 0.221 e. The second-order valence-corrected chi connectivity index (χ2v) is 6.36. The van der Waals surface area contributed by atoms with Crippen molar-refractivity contribution in [2.24, 2.45) is 5.92 Å². The molecule has 1 aliphatic rings. The number of nitrogens with zero attached hydrogens (tertiary/aromatic N) is 1. The second kappa shape index (κ2) is 7.14. The van der Waals surface area contributed by atoms with Crippen LogP contribution in [0.2, 0.25) is 5.02 Å². The maximum atomic E-state index is 11.0. The average Bonchev–Trinajstić information content (AvgIpc) is 2.42. The van der Waals surface area contributed by atoms with E-state index in [1.807, 2.05) is 12.1 Å². The fourth-order valence-corrected chi connectivity index (χ4v) is 3.04. The van der Waals surface area contributed by atoms with Gasteiger partial charge in [-0.1, -0.05) is 11.6 Å². The van der Waals surface area contributed by atoms with Crippen molar-refractivity contribution in [1.82, 2.24) is 4.90 Å². The van der Waals surface area contributed by atoms with Crippen LogP contribution in [0.3, 0.4) is 0 Å². The molecule has 21 heavy (non-hydrogen) atoms. The zero-order valence-electron chi connectivity index (χ0n) is 12.9. The topological polar surface area (TPSA) is 44.4 Å². The Labute approximate surface area is 131 Å². The number of amides is 1. The van der Waals surface area contributed by atoms with Crippen LogP contribution in [-0.4, -0.2) is 37.0 Å². The molecule has 1 fully saturated rings. The van der Waals surface area contributed by atoms with Crippen molar-refractivity contribution in [2.75, 3.05) is 30.8 Å². The van der Waals surface area contributed by atoms with E-state index >= 15 is 0 Å². The summed E-state index contributed by atoms with van der Waals surface area (Å²) in [5.41, 5.74) is 1.65. The molecule has 0 aromatic heterocycles. The number of hydrogen-bond donors (Lipinski definition) is 2. The Morgan fingerprint density at radius 2 is 2.05 bits per heavy atom. The molecule has 1 heterocycles. The van der Waals surface area contributed by atoms with E-state index in [1.165, 1.54) is 19.8 Å². The number of hydrogen-bond acceptors (Lipinski definition) is 3. The van der Waals surface area contributed by atoms with Gasteiger partial charge in [-0.05, 0) is 64.0 Å². The molecule has 5 heteroatoms. The molecule has 0 aliphatic carbocycles. The van der Waals surface area contributed by atoms with E-state index in [2.05, 4.69) is 29.5 Å². The lowest BCUT2D eigenvalue weighted by Gasteiger charge is -2.33. The fourth-order valence-electron chi connectivity index (χ4n) is 2.80. The van der Waals surface area contributed by atoms with Crippen molar-refractivity contribution >= 4 is 28.9 Å². The summed E-state index contributed by atoms with van der Waals surface area (Å²) in [5, 5.41) is 6.89. The lowest BCUT2D eigenvalue weighted by molar-refractivity contribution is -0.114. The average molecular weight is 310 g/mol. The molecule has 1 amide bonds. The summed E-state index contributed by atoms with van der Waals surface area (Å²) in [6.45, 7) is 6.02. The van der Waals surface area contributed by atoms with Gasteiger partial charge < -0.3 is 15.5 Å². The van der Waals surface area contributed by atoms with Gasteiger partial charge in [0.05, 0.1) is 10.7 Å². The molecule has 0 saturated carbocycles. The van der Waals surface area contributed by atoms with E-state index in [9.17, 15) is 4.79 Å². The summed E-state index contributed by atoms with van der Waals surface area (Å²) in [7, 11) is 2.17. The first kappa shape index (κ1) is 16.1. The maximum absolute atomic E-state index is 11.0. The highest BCUT2D eigenvalue weighted by molar-refractivity contribution is 6.33. The molecule has 1 aromatic carbocycles. The Morgan fingerprint density at radius 3 is 2.62 bits per heavy atom. The third-order valence-electron chi connectivity index (χ3n) is 4.14. The number of carbonyl (C=O) groups is 1. The summed E-state index contributed by atoms with van der Waals surface area (Å²) in [5.74, 6) is 0.582. The predicted octanol–water partition coefficient (Wildman–Crippen LogP) is 3.44. The molecule has 2 N–H and O–H groups in total. The molecule has 116 valence electrons. The van der Waals surface area contributed by atoms with Crippen molar-refractivity contribution in [3.05, 3.63) is 23.2 Å². The summed E-state index contributed by atoms with van der Waals surface area (Å²) in [6.07, 6.45) is 2.43. The first-order valence-corrected chi connectivity index (χ1v) is 7.85. The van der Waals surface area contributed by atoms with Crippen LogP contribution in [0, 0.1) is 5.92 Å². The largest absolute Gasteiger partial charge is 0.381 e. The van der Waals surface area contributed by atoms with Crippen molar-refractivity contribution in [3.63, 3.8) is 0 Å². The zero-order valence-corrected chi connectivity index (χ0v) is 13.7. The molecule has 1 aromatic rings. The number of likely N-dealkylation sites (tertiary alicyclic amines) is 1.